The number of rotatable bonds is 1. The average Bonchev–Trinajstić information content (AvgIpc) is 2.71. The Kier molecular flexibility index (Phi) is 2.26. The highest BCUT2D eigenvalue weighted by Crippen LogP contribution is 2.18. The van der Waals surface area contributed by atoms with Gasteiger partial charge in [-0.15, -0.1) is 0 Å². The summed E-state index contributed by atoms with van der Waals surface area (Å²) in [5, 5.41) is 0. The Morgan fingerprint density at radius 3 is 2.78 bits per heavy atom. The monoisotopic (exact) mass is 240 g/mol. The molecule has 90 valence electrons. The Labute approximate surface area is 103 Å². The lowest BCUT2D eigenvalue weighted by atomic mass is 10.1. The zero-order chi connectivity index (χ0) is 12.7. The van der Waals surface area contributed by atoms with E-state index in [9.17, 15) is 4.79 Å². The first-order chi connectivity index (χ1) is 8.63. The summed E-state index contributed by atoms with van der Waals surface area (Å²) in [6, 6.07) is 5.68. The highest BCUT2D eigenvalue weighted by atomic mass is 16.1. The molecule has 5 nitrogen and oxygen atoms in total. The zero-order valence-electron chi connectivity index (χ0n) is 10.1. The topological polar surface area (TPSA) is 74.4 Å². The lowest BCUT2D eigenvalue weighted by Crippen LogP contribution is -2.08. The van der Waals surface area contributed by atoms with Gasteiger partial charge in [-0.3, -0.25) is 4.79 Å². The molecule has 0 aliphatic rings. The van der Waals surface area contributed by atoms with Crippen molar-refractivity contribution in [3.05, 3.63) is 46.1 Å². The van der Waals surface area contributed by atoms with Crippen molar-refractivity contribution in [3.63, 3.8) is 0 Å². The standard InChI is InChI=1S/C13H12N4O/c1-7-5-9(6-14-13(7)18)10-3-4-11-12(17-10)16-8(2)15-11/h3-6H,1-2H3,(H,14,18)(H,15,16,17). The fraction of sp³-hybridized carbons (Fsp3) is 0.154. The molecular weight excluding hydrogens is 228 g/mol. The second-order valence-corrected chi connectivity index (χ2v) is 4.29. The second-order valence-electron chi connectivity index (χ2n) is 4.29. The molecule has 2 N–H and O–H groups in total. The average molecular weight is 240 g/mol. The highest BCUT2D eigenvalue weighted by Gasteiger charge is 2.05. The molecular formula is C13H12N4O. The number of pyridine rings is 2. The molecule has 3 aromatic heterocycles. The molecule has 0 spiro atoms. The predicted octanol–water partition coefficient (Wildman–Crippen LogP) is 1.93. The van der Waals surface area contributed by atoms with Crippen LogP contribution in [0.1, 0.15) is 11.4 Å². The van der Waals surface area contributed by atoms with Gasteiger partial charge in [0.1, 0.15) is 5.82 Å². The van der Waals surface area contributed by atoms with E-state index in [0.717, 1.165) is 22.6 Å². The number of hydrogen-bond acceptors (Lipinski definition) is 3. The number of aromatic amines is 2. The van der Waals surface area contributed by atoms with Crippen molar-refractivity contribution >= 4 is 11.2 Å². The number of fused-ring (bicyclic) bond motifs is 1. The number of nitrogens with one attached hydrogen (secondary N) is 2. The van der Waals surface area contributed by atoms with Gasteiger partial charge in [0.25, 0.3) is 5.56 Å². The Morgan fingerprint density at radius 1 is 1.17 bits per heavy atom. The van der Waals surface area contributed by atoms with Gasteiger partial charge >= 0.3 is 0 Å². The van der Waals surface area contributed by atoms with E-state index in [1.165, 1.54) is 0 Å². The van der Waals surface area contributed by atoms with Gasteiger partial charge < -0.3 is 9.97 Å². The van der Waals surface area contributed by atoms with Crippen molar-refractivity contribution in [2.24, 2.45) is 0 Å². The molecule has 3 rings (SSSR count). The molecule has 3 aromatic rings. The van der Waals surface area contributed by atoms with Gasteiger partial charge in [0, 0.05) is 17.3 Å². The Balaban J connectivity index is 2.18. The van der Waals surface area contributed by atoms with E-state index in [0.29, 0.717) is 11.2 Å². The molecule has 0 radical (unpaired) electrons. The molecule has 5 heteroatoms. The zero-order valence-corrected chi connectivity index (χ0v) is 10.1. The van der Waals surface area contributed by atoms with Gasteiger partial charge in [-0.1, -0.05) is 0 Å². The molecule has 0 bridgehead atoms. The number of hydrogen-bond donors (Lipinski definition) is 2. The van der Waals surface area contributed by atoms with E-state index < -0.39 is 0 Å². The quantitative estimate of drug-likeness (QED) is 0.682. The maximum Gasteiger partial charge on any atom is 0.250 e. The van der Waals surface area contributed by atoms with Crippen LogP contribution in [0.3, 0.4) is 0 Å². The van der Waals surface area contributed by atoms with Crippen molar-refractivity contribution in [1.82, 2.24) is 19.9 Å². The normalized spacial score (nSPS) is 11.0. The maximum absolute atomic E-state index is 11.3. The minimum absolute atomic E-state index is 0.0737. The number of imidazole rings is 1. The predicted molar refractivity (Wildman–Crippen MR) is 69.4 cm³/mol. The van der Waals surface area contributed by atoms with Crippen molar-refractivity contribution in [3.8, 4) is 11.3 Å². The maximum atomic E-state index is 11.3. The van der Waals surface area contributed by atoms with E-state index in [2.05, 4.69) is 19.9 Å². The second kappa shape index (κ2) is 3.80. The van der Waals surface area contributed by atoms with Crippen LogP contribution in [0.15, 0.2) is 29.2 Å². The van der Waals surface area contributed by atoms with Gasteiger partial charge in [0.15, 0.2) is 5.65 Å². The number of H-pyrrole nitrogens is 2. The lowest BCUT2D eigenvalue weighted by Gasteiger charge is -2.01. The fourth-order valence-electron chi connectivity index (χ4n) is 1.92. The Morgan fingerprint density at radius 2 is 2.00 bits per heavy atom. The summed E-state index contributed by atoms with van der Waals surface area (Å²) in [5.74, 6) is 0.840. The van der Waals surface area contributed by atoms with Crippen molar-refractivity contribution in [1.29, 1.82) is 0 Å². The summed E-state index contributed by atoms with van der Waals surface area (Å²) in [6.45, 7) is 3.67. The van der Waals surface area contributed by atoms with E-state index in [1.54, 1.807) is 13.1 Å². The fourth-order valence-corrected chi connectivity index (χ4v) is 1.92. The van der Waals surface area contributed by atoms with Crippen LogP contribution in [-0.2, 0) is 0 Å². The van der Waals surface area contributed by atoms with Crippen LogP contribution in [0.4, 0.5) is 0 Å². The van der Waals surface area contributed by atoms with Gasteiger partial charge in [-0.05, 0) is 32.0 Å². The molecule has 0 aliphatic heterocycles. The molecule has 0 saturated carbocycles. The molecule has 18 heavy (non-hydrogen) atoms. The summed E-state index contributed by atoms with van der Waals surface area (Å²) in [4.78, 5) is 25.9. The first-order valence-corrected chi connectivity index (χ1v) is 5.66. The van der Waals surface area contributed by atoms with E-state index in [1.807, 2.05) is 25.1 Å². The number of aryl methyl sites for hydroxylation is 2. The molecule has 0 fully saturated rings. The van der Waals surface area contributed by atoms with Crippen molar-refractivity contribution < 1.29 is 0 Å². The van der Waals surface area contributed by atoms with Crippen LogP contribution in [-0.4, -0.2) is 19.9 Å². The lowest BCUT2D eigenvalue weighted by molar-refractivity contribution is 1.16. The summed E-state index contributed by atoms with van der Waals surface area (Å²) in [6.07, 6.45) is 1.67. The van der Waals surface area contributed by atoms with Gasteiger partial charge in [0.05, 0.1) is 11.2 Å². The smallest absolute Gasteiger partial charge is 0.250 e. The van der Waals surface area contributed by atoms with Crippen molar-refractivity contribution in [2.45, 2.75) is 13.8 Å². The van der Waals surface area contributed by atoms with Crippen LogP contribution < -0.4 is 5.56 Å². The third-order valence-corrected chi connectivity index (χ3v) is 2.85. The highest BCUT2D eigenvalue weighted by molar-refractivity contribution is 5.75. The van der Waals surface area contributed by atoms with Crippen LogP contribution in [0.5, 0.6) is 0 Å². The number of aromatic nitrogens is 4. The molecule has 0 saturated heterocycles. The van der Waals surface area contributed by atoms with Gasteiger partial charge in [-0.2, -0.15) is 0 Å². The van der Waals surface area contributed by atoms with Crippen molar-refractivity contribution in [2.75, 3.05) is 0 Å². The van der Waals surface area contributed by atoms with Crippen LogP contribution >= 0.6 is 0 Å². The molecule has 0 aromatic carbocycles. The Bertz CT molecular complexity index is 785. The minimum Gasteiger partial charge on any atom is -0.341 e. The van der Waals surface area contributed by atoms with Gasteiger partial charge in [-0.25, -0.2) is 9.97 Å². The summed E-state index contributed by atoms with van der Waals surface area (Å²) in [7, 11) is 0. The Hall–Kier alpha value is -2.43. The van der Waals surface area contributed by atoms with Crippen LogP contribution in [0.2, 0.25) is 0 Å². The van der Waals surface area contributed by atoms with Gasteiger partial charge in [0.2, 0.25) is 0 Å². The minimum atomic E-state index is -0.0737. The summed E-state index contributed by atoms with van der Waals surface area (Å²) in [5.41, 5.74) is 3.89. The summed E-state index contributed by atoms with van der Waals surface area (Å²) >= 11 is 0. The third-order valence-electron chi connectivity index (χ3n) is 2.85. The molecule has 3 heterocycles. The van der Waals surface area contributed by atoms with Crippen LogP contribution in [0, 0.1) is 13.8 Å². The number of nitrogens with zero attached hydrogens (tertiary/aromatic N) is 2. The third kappa shape index (κ3) is 1.69. The summed E-state index contributed by atoms with van der Waals surface area (Å²) < 4.78 is 0. The first-order valence-electron chi connectivity index (χ1n) is 5.66. The van der Waals surface area contributed by atoms with E-state index >= 15 is 0 Å². The van der Waals surface area contributed by atoms with E-state index in [-0.39, 0.29) is 5.56 Å². The molecule has 0 amide bonds. The molecule has 0 atom stereocenters. The largest absolute Gasteiger partial charge is 0.341 e. The molecule has 0 unspecified atom stereocenters. The molecule has 0 aliphatic carbocycles. The van der Waals surface area contributed by atoms with Crippen LogP contribution in [0.25, 0.3) is 22.4 Å². The SMILES string of the molecule is Cc1nc2nc(-c3c[nH]c(=O)c(C)c3)ccc2[nH]1. The first kappa shape index (κ1) is 10.7. The van der Waals surface area contributed by atoms with E-state index in [4.69, 9.17) is 0 Å².